The number of piperidine rings is 1. The molecule has 2 aromatic rings. The lowest BCUT2D eigenvalue weighted by atomic mass is 9.96. The third-order valence-corrected chi connectivity index (χ3v) is 7.39. The Kier molecular flexibility index (Phi) is 6.09. The van der Waals surface area contributed by atoms with Crippen LogP contribution in [0.5, 0.6) is 0 Å². The van der Waals surface area contributed by atoms with Crippen LogP contribution >= 0.6 is 11.3 Å². The normalized spacial score (nSPS) is 21.8. The Hall–Kier alpha value is -2.53. The van der Waals surface area contributed by atoms with Crippen molar-refractivity contribution in [1.82, 2.24) is 25.2 Å². The molecule has 0 aromatic carbocycles. The van der Waals surface area contributed by atoms with Crippen LogP contribution in [0.4, 0.5) is 5.13 Å². The monoisotopic (exact) mass is 460 g/mol. The van der Waals surface area contributed by atoms with Crippen molar-refractivity contribution in [2.45, 2.75) is 57.2 Å². The van der Waals surface area contributed by atoms with E-state index in [0.29, 0.717) is 22.9 Å². The zero-order valence-corrected chi connectivity index (χ0v) is 18.7. The molecule has 1 aliphatic carbocycles. The molecule has 0 radical (unpaired) electrons. The molecular formula is C21H28N6O4S. The second-order valence-corrected chi connectivity index (χ2v) is 9.79. The van der Waals surface area contributed by atoms with Gasteiger partial charge in [-0.1, -0.05) is 11.3 Å². The number of carbonyl (C=O) groups is 2. The molecule has 10 nitrogen and oxygen atoms in total. The van der Waals surface area contributed by atoms with Crippen LogP contribution < -0.4 is 21.1 Å². The van der Waals surface area contributed by atoms with E-state index in [4.69, 9.17) is 4.74 Å². The van der Waals surface area contributed by atoms with Gasteiger partial charge in [-0.05, 0) is 38.5 Å². The third kappa shape index (κ3) is 4.78. The first-order valence-electron chi connectivity index (χ1n) is 11.4. The molecule has 5 rings (SSSR count). The maximum absolute atomic E-state index is 12.9. The first-order chi connectivity index (χ1) is 15.6. The first-order valence-corrected chi connectivity index (χ1v) is 12.2. The van der Waals surface area contributed by atoms with Crippen LogP contribution in [-0.2, 0) is 20.9 Å². The molecule has 0 spiro atoms. The predicted molar refractivity (Wildman–Crippen MR) is 120 cm³/mol. The molecule has 0 bridgehead atoms. The van der Waals surface area contributed by atoms with E-state index in [9.17, 15) is 14.4 Å². The lowest BCUT2D eigenvalue weighted by Gasteiger charge is -2.30. The summed E-state index contributed by atoms with van der Waals surface area (Å²) < 4.78 is 7.28. The molecule has 32 heavy (non-hydrogen) atoms. The van der Waals surface area contributed by atoms with Crippen LogP contribution in [-0.4, -0.2) is 64.7 Å². The summed E-state index contributed by atoms with van der Waals surface area (Å²) >= 11 is 1.30. The van der Waals surface area contributed by atoms with E-state index in [1.165, 1.54) is 22.2 Å². The Morgan fingerprint density at radius 3 is 2.72 bits per heavy atom. The molecule has 0 unspecified atom stereocenters. The lowest BCUT2D eigenvalue weighted by Crippen LogP contribution is -2.41. The van der Waals surface area contributed by atoms with E-state index in [2.05, 4.69) is 25.5 Å². The Labute approximate surface area is 189 Å². The molecule has 1 atom stereocenters. The molecule has 4 heterocycles. The van der Waals surface area contributed by atoms with Crippen molar-refractivity contribution in [2.75, 3.05) is 31.1 Å². The van der Waals surface area contributed by atoms with Crippen molar-refractivity contribution in [3.05, 3.63) is 16.7 Å². The summed E-state index contributed by atoms with van der Waals surface area (Å²) in [6.07, 6.45) is 7.14. The van der Waals surface area contributed by atoms with Gasteiger partial charge < -0.3 is 20.3 Å². The number of anilines is 1. The number of hydrogen-bond donors (Lipinski definition) is 2. The molecule has 2 N–H and O–H groups in total. The van der Waals surface area contributed by atoms with Crippen molar-refractivity contribution in [3.8, 4) is 0 Å². The number of aromatic nitrogens is 3. The Bertz CT molecular complexity index is 1050. The minimum Gasteiger partial charge on any atom is -0.376 e. The molecule has 11 heteroatoms. The van der Waals surface area contributed by atoms with E-state index < -0.39 is 0 Å². The number of amides is 2. The maximum atomic E-state index is 12.9. The first kappa shape index (κ1) is 21.3. The van der Waals surface area contributed by atoms with Crippen LogP contribution in [0.3, 0.4) is 0 Å². The zero-order valence-electron chi connectivity index (χ0n) is 17.9. The van der Waals surface area contributed by atoms with Gasteiger partial charge in [0.15, 0.2) is 10.8 Å². The highest BCUT2D eigenvalue weighted by molar-refractivity contribution is 7.22. The molecule has 2 saturated heterocycles. The summed E-state index contributed by atoms with van der Waals surface area (Å²) in [5, 5.41) is 6.66. The number of thiazole rings is 1. The van der Waals surface area contributed by atoms with Gasteiger partial charge in [0.05, 0.1) is 6.10 Å². The standard InChI is InChI=1S/C21H28N6O4S/c28-16(22-10-15-2-1-9-31-15)11-27-12-23-18-17(20(27)30)32-21(25-18)26-7-5-13(6-8-26)19(29)24-14-3-4-14/h12-15H,1-11H2,(H,22,28)(H,24,29)/t15-/m1/s1. The van der Waals surface area contributed by atoms with Gasteiger partial charge in [-0.3, -0.25) is 19.0 Å². The molecule has 2 amide bonds. The number of nitrogens with zero attached hydrogens (tertiary/aromatic N) is 4. The predicted octanol–water partition coefficient (Wildman–Crippen LogP) is 0.643. The Morgan fingerprint density at radius 1 is 1.19 bits per heavy atom. The average Bonchev–Trinajstić information content (AvgIpc) is 3.27. The van der Waals surface area contributed by atoms with E-state index >= 15 is 0 Å². The van der Waals surface area contributed by atoms with E-state index in [1.54, 1.807) is 0 Å². The van der Waals surface area contributed by atoms with Crippen LogP contribution in [0.1, 0.15) is 38.5 Å². The Balaban J connectivity index is 1.20. The van der Waals surface area contributed by atoms with E-state index in [1.807, 2.05) is 0 Å². The smallest absolute Gasteiger partial charge is 0.273 e. The fraction of sp³-hybridized carbons (Fsp3) is 0.667. The highest BCUT2D eigenvalue weighted by Crippen LogP contribution is 2.30. The van der Waals surface area contributed by atoms with Gasteiger partial charge in [0.25, 0.3) is 5.56 Å². The summed E-state index contributed by atoms with van der Waals surface area (Å²) in [7, 11) is 0. The number of carbonyl (C=O) groups excluding carboxylic acids is 2. The Morgan fingerprint density at radius 2 is 2.00 bits per heavy atom. The van der Waals surface area contributed by atoms with Crippen LogP contribution in [0, 0.1) is 5.92 Å². The summed E-state index contributed by atoms with van der Waals surface area (Å²) in [4.78, 5) is 48.4. The van der Waals surface area contributed by atoms with Crippen LogP contribution in [0.15, 0.2) is 11.1 Å². The third-order valence-electron chi connectivity index (χ3n) is 6.30. The van der Waals surface area contributed by atoms with Crippen molar-refractivity contribution in [3.63, 3.8) is 0 Å². The molecule has 2 aromatic heterocycles. The summed E-state index contributed by atoms with van der Waals surface area (Å²) in [5.74, 6) is -0.0245. The number of nitrogens with one attached hydrogen (secondary N) is 2. The number of rotatable bonds is 7. The summed E-state index contributed by atoms with van der Waals surface area (Å²) in [6, 6.07) is 0.385. The van der Waals surface area contributed by atoms with E-state index in [-0.39, 0.29) is 35.9 Å². The van der Waals surface area contributed by atoms with Crippen molar-refractivity contribution in [1.29, 1.82) is 0 Å². The lowest BCUT2D eigenvalue weighted by molar-refractivity contribution is -0.125. The maximum Gasteiger partial charge on any atom is 0.273 e. The largest absolute Gasteiger partial charge is 0.376 e. The fourth-order valence-electron chi connectivity index (χ4n) is 4.21. The van der Waals surface area contributed by atoms with Gasteiger partial charge in [-0.15, -0.1) is 0 Å². The molecule has 2 aliphatic heterocycles. The zero-order chi connectivity index (χ0) is 22.1. The molecule has 1 saturated carbocycles. The van der Waals surface area contributed by atoms with Gasteiger partial charge in [-0.2, -0.15) is 4.98 Å². The van der Waals surface area contributed by atoms with Gasteiger partial charge in [-0.25, -0.2) is 4.98 Å². The van der Waals surface area contributed by atoms with Crippen LogP contribution in [0.2, 0.25) is 0 Å². The summed E-state index contributed by atoms with van der Waals surface area (Å²) in [6.45, 7) is 2.57. The van der Waals surface area contributed by atoms with Gasteiger partial charge in [0.1, 0.15) is 17.6 Å². The summed E-state index contributed by atoms with van der Waals surface area (Å²) in [5.41, 5.74) is 0.143. The highest BCUT2D eigenvalue weighted by atomic mass is 32.1. The van der Waals surface area contributed by atoms with Gasteiger partial charge in [0.2, 0.25) is 11.8 Å². The quantitative estimate of drug-likeness (QED) is 0.623. The SMILES string of the molecule is O=C(Cn1cnc2nc(N3CCC(C(=O)NC4CC4)CC3)sc2c1=O)NC[C@H]1CCCO1. The average molecular weight is 461 g/mol. The minimum atomic E-state index is -0.260. The van der Waals surface area contributed by atoms with Crippen molar-refractivity contribution >= 4 is 38.6 Å². The van der Waals surface area contributed by atoms with Crippen molar-refractivity contribution in [2.24, 2.45) is 5.92 Å². The fourth-order valence-corrected chi connectivity index (χ4v) is 5.23. The molecular weight excluding hydrogens is 432 g/mol. The minimum absolute atomic E-state index is 0.0460. The van der Waals surface area contributed by atoms with Crippen LogP contribution in [0.25, 0.3) is 10.3 Å². The van der Waals surface area contributed by atoms with Gasteiger partial charge >= 0.3 is 0 Å². The van der Waals surface area contributed by atoms with Gasteiger partial charge in [0, 0.05) is 38.2 Å². The number of fused-ring (bicyclic) bond motifs is 1. The molecule has 172 valence electrons. The number of ether oxygens (including phenoxy) is 1. The highest BCUT2D eigenvalue weighted by Gasteiger charge is 2.31. The molecule has 3 fully saturated rings. The topological polar surface area (TPSA) is 118 Å². The second-order valence-electron chi connectivity index (χ2n) is 8.81. The van der Waals surface area contributed by atoms with Crippen molar-refractivity contribution < 1.29 is 14.3 Å². The molecule has 3 aliphatic rings. The van der Waals surface area contributed by atoms with E-state index in [0.717, 1.165) is 63.4 Å². The second kappa shape index (κ2) is 9.14. The number of hydrogen-bond acceptors (Lipinski definition) is 8.